The largest absolute Gasteiger partial charge is 0.496 e. The molecule has 41 heavy (non-hydrogen) atoms. The van der Waals surface area contributed by atoms with Crippen LogP contribution in [0.2, 0.25) is 0 Å². The summed E-state index contributed by atoms with van der Waals surface area (Å²) in [5.41, 5.74) is 3.17. The fourth-order valence-electron chi connectivity index (χ4n) is 5.42. The number of rotatable bonds is 7. The quantitative estimate of drug-likeness (QED) is 0.395. The Morgan fingerprint density at radius 1 is 1.12 bits per heavy atom. The second kappa shape index (κ2) is 11.8. The van der Waals surface area contributed by atoms with Gasteiger partial charge < -0.3 is 14.2 Å². The molecule has 2 heterocycles. The molecule has 0 spiro atoms. The molecule has 1 aliphatic rings. The summed E-state index contributed by atoms with van der Waals surface area (Å²) in [6.07, 6.45) is 2.25. The van der Waals surface area contributed by atoms with Gasteiger partial charge in [0.2, 0.25) is 0 Å². The van der Waals surface area contributed by atoms with Crippen molar-refractivity contribution in [1.82, 2.24) is 14.2 Å². The third kappa shape index (κ3) is 7.07. The summed E-state index contributed by atoms with van der Waals surface area (Å²) in [6, 6.07) is 10.3. The van der Waals surface area contributed by atoms with Crippen molar-refractivity contribution in [2.24, 2.45) is 5.14 Å². The first-order valence-corrected chi connectivity index (χ1v) is 14.9. The topological polar surface area (TPSA) is 142 Å². The number of nitrogens with zero attached hydrogens (tertiary/aromatic N) is 2. The van der Waals surface area contributed by atoms with Gasteiger partial charge >= 0.3 is 12.1 Å². The predicted octanol–water partition coefficient (Wildman–Crippen LogP) is 4.03. The van der Waals surface area contributed by atoms with Crippen LogP contribution in [0.4, 0.5) is 4.79 Å². The summed E-state index contributed by atoms with van der Waals surface area (Å²) in [5, 5.41) is 6.15. The van der Waals surface area contributed by atoms with Gasteiger partial charge in [0.1, 0.15) is 11.4 Å². The fourth-order valence-corrected chi connectivity index (χ4v) is 6.10. The van der Waals surface area contributed by atoms with Crippen molar-refractivity contribution in [1.29, 1.82) is 0 Å². The van der Waals surface area contributed by atoms with Gasteiger partial charge in [-0.1, -0.05) is 12.1 Å². The molecule has 3 aromatic rings. The number of aromatic nitrogens is 1. The van der Waals surface area contributed by atoms with E-state index < -0.39 is 27.9 Å². The lowest BCUT2D eigenvalue weighted by atomic mass is 9.90. The highest BCUT2D eigenvalue weighted by atomic mass is 32.2. The van der Waals surface area contributed by atoms with E-state index in [-0.39, 0.29) is 12.1 Å². The van der Waals surface area contributed by atoms with Gasteiger partial charge in [-0.15, -0.1) is 0 Å². The van der Waals surface area contributed by atoms with Crippen LogP contribution in [0.3, 0.4) is 0 Å². The number of nitrogens with two attached hydrogens (primary N) is 1. The molecule has 11 nitrogen and oxygen atoms in total. The Hall–Kier alpha value is -3.45. The summed E-state index contributed by atoms with van der Waals surface area (Å²) < 4.78 is 44.0. The van der Waals surface area contributed by atoms with Crippen molar-refractivity contribution in [2.75, 3.05) is 20.8 Å². The highest BCUT2D eigenvalue weighted by molar-refractivity contribution is 7.87. The molecule has 3 N–H and O–H groups in total. The molecule has 4 rings (SSSR count). The number of piperidine rings is 1. The first kappa shape index (κ1) is 30.5. The van der Waals surface area contributed by atoms with Gasteiger partial charge in [-0.3, -0.25) is 9.47 Å². The van der Waals surface area contributed by atoms with E-state index in [0.29, 0.717) is 37.2 Å². The minimum Gasteiger partial charge on any atom is -0.496 e. The molecule has 12 heteroatoms. The zero-order chi connectivity index (χ0) is 30.1. The average Bonchev–Trinajstić information content (AvgIpc) is 3.35. The minimum atomic E-state index is -3.89. The minimum absolute atomic E-state index is 0.205. The average molecular weight is 587 g/mol. The van der Waals surface area contributed by atoms with Crippen LogP contribution >= 0.6 is 0 Å². The number of carbonyl (C=O) groups excluding carboxylic acids is 2. The van der Waals surface area contributed by atoms with Crippen LogP contribution < -0.4 is 14.6 Å². The Kier molecular flexibility index (Phi) is 8.78. The lowest BCUT2D eigenvalue weighted by molar-refractivity contribution is 0.0542. The zero-order valence-corrected chi connectivity index (χ0v) is 25.1. The second-order valence-corrected chi connectivity index (χ2v) is 12.6. The van der Waals surface area contributed by atoms with E-state index in [1.54, 1.807) is 25.4 Å². The molecular formula is C29H38N4O7S. The van der Waals surface area contributed by atoms with Crippen molar-refractivity contribution in [3.8, 4) is 5.75 Å². The van der Waals surface area contributed by atoms with Gasteiger partial charge in [0.05, 0.1) is 25.3 Å². The molecular weight excluding hydrogens is 548 g/mol. The van der Waals surface area contributed by atoms with E-state index in [0.717, 1.165) is 27.6 Å². The Labute approximate surface area is 240 Å². The summed E-state index contributed by atoms with van der Waals surface area (Å²) in [4.78, 5) is 27.3. The van der Waals surface area contributed by atoms with Crippen LogP contribution in [-0.2, 0) is 26.2 Å². The van der Waals surface area contributed by atoms with Gasteiger partial charge in [-0.05, 0) is 75.9 Å². The van der Waals surface area contributed by atoms with Gasteiger partial charge in [-0.2, -0.15) is 13.1 Å². The number of esters is 1. The molecule has 1 aliphatic heterocycles. The van der Waals surface area contributed by atoms with Crippen LogP contribution in [0.25, 0.3) is 10.9 Å². The molecule has 2 atom stereocenters. The van der Waals surface area contributed by atoms with Crippen molar-refractivity contribution in [3.05, 3.63) is 64.8 Å². The third-order valence-corrected chi connectivity index (χ3v) is 7.82. The monoisotopic (exact) mass is 586 g/mol. The number of nitrogens with one attached hydrogen (secondary N) is 1. The normalized spacial score (nSPS) is 18.3. The number of methoxy groups -OCH3 is 2. The summed E-state index contributed by atoms with van der Waals surface area (Å²) in [6.45, 7) is 8.41. The first-order valence-electron chi connectivity index (χ1n) is 13.3. The van der Waals surface area contributed by atoms with E-state index in [1.165, 1.54) is 11.7 Å². The summed E-state index contributed by atoms with van der Waals surface area (Å²) in [7, 11) is -0.947. The van der Waals surface area contributed by atoms with Gasteiger partial charge in [0, 0.05) is 42.3 Å². The Bertz CT molecular complexity index is 1540. The maximum Gasteiger partial charge on any atom is 0.419 e. The zero-order valence-electron chi connectivity index (χ0n) is 24.3. The van der Waals surface area contributed by atoms with Crippen LogP contribution in [0.15, 0.2) is 42.6 Å². The second-order valence-electron chi connectivity index (χ2n) is 11.3. The Balaban J connectivity index is 1.74. The van der Waals surface area contributed by atoms with E-state index in [2.05, 4.69) is 9.62 Å². The van der Waals surface area contributed by atoms with E-state index in [9.17, 15) is 18.0 Å². The molecule has 1 saturated heterocycles. The van der Waals surface area contributed by atoms with E-state index >= 15 is 0 Å². The van der Waals surface area contributed by atoms with Crippen LogP contribution in [0.1, 0.15) is 66.7 Å². The van der Waals surface area contributed by atoms with Gasteiger partial charge in [-0.25, -0.2) is 14.7 Å². The van der Waals surface area contributed by atoms with Crippen molar-refractivity contribution in [3.63, 3.8) is 0 Å². The highest BCUT2D eigenvalue weighted by Gasteiger charge is 2.33. The maximum atomic E-state index is 13.0. The molecule has 0 bridgehead atoms. The number of hydrogen-bond acceptors (Lipinski definition) is 8. The SMILES string of the molecule is COC(=O)c1ccc([C@H]2C[C@H](NS(N)(=O)=O)CCN2Cc2c(OC)cc(C)c3c2ccn3C(=O)OC(C)(C)C)cc1. The van der Waals surface area contributed by atoms with E-state index in [4.69, 9.17) is 19.3 Å². The van der Waals surface area contributed by atoms with E-state index in [1.807, 2.05) is 52.0 Å². The molecule has 0 aliphatic carbocycles. The smallest absolute Gasteiger partial charge is 0.419 e. The summed E-state index contributed by atoms with van der Waals surface area (Å²) in [5.74, 6) is 0.244. The van der Waals surface area contributed by atoms with Crippen molar-refractivity contribution in [2.45, 2.75) is 64.8 Å². The number of carbonyl (C=O) groups is 2. The number of aryl methyl sites for hydroxylation is 1. The summed E-state index contributed by atoms with van der Waals surface area (Å²) >= 11 is 0. The number of benzene rings is 2. The van der Waals surface area contributed by atoms with Crippen LogP contribution in [0, 0.1) is 6.92 Å². The number of hydrogen-bond donors (Lipinski definition) is 2. The van der Waals surface area contributed by atoms with Crippen LogP contribution in [0.5, 0.6) is 5.75 Å². The van der Waals surface area contributed by atoms with Gasteiger partial charge in [0.25, 0.3) is 10.2 Å². The van der Waals surface area contributed by atoms with Crippen molar-refractivity contribution >= 4 is 33.2 Å². The van der Waals surface area contributed by atoms with Crippen LogP contribution in [-0.4, -0.2) is 62.4 Å². The number of ether oxygens (including phenoxy) is 3. The predicted molar refractivity (Wildman–Crippen MR) is 155 cm³/mol. The highest BCUT2D eigenvalue weighted by Crippen LogP contribution is 2.38. The Morgan fingerprint density at radius 2 is 1.80 bits per heavy atom. The van der Waals surface area contributed by atoms with Gasteiger partial charge in [0.15, 0.2) is 0 Å². The maximum absolute atomic E-state index is 13.0. The molecule has 0 radical (unpaired) electrons. The molecule has 0 unspecified atom stereocenters. The number of fused-ring (bicyclic) bond motifs is 1. The molecule has 0 saturated carbocycles. The van der Waals surface area contributed by atoms with Crippen molar-refractivity contribution < 1.29 is 32.2 Å². The molecule has 1 aromatic heterocycles. The molecule has 0 amide bonds. The third-order valence-electron chi connectivity index (χ3n) is 7.16. The lowest BCUT2D eigenvalue weighted by Crippen LogP contribution is -2.47. The molecule has 2 aromatic carbocycles. The first-order chi connectivity index (χ1) is 19.2. The number of likely N-dealkylation sites (tertiary alicyclic amines) is 1. The fraction of sp³-hybridized carbons (Fsp3) is 0.448. The molecule has 1 fully saturated rings. The lowest BCUT2D eigenvalue weighted by Gasteiger charge is -2.40. The Morgan fingerprint density at radius 3 is 2.39 bits per heavy atom. The molecule has 222 valence electrons. The standard InChI is InChI=1S/C29H38N4O7S/c1-18-15-25(38-5)23(22-12-14-33(26(18)22)28(35)40-29(2,3)4)17-32-13-11-21(31-41(30,36)37)16-24(32)19-7-9-20(10-8-19)27(34)39-6/h7-10,12,14-15,21,24,31H,11,13,16-17H2,1-6H3,(H2,30,36,37)/t21-,24-/m1/s1.